The van der Waals surface area contributed by atoms with Gasteiger partial charge in [0.05, 0.1) is 33.0 Å². The highest BCUT2D eigenvalue weighted by molar-refractivity contribution is 5.37. The quantitative estimate of drug-likeness (QED) is 0.721. The second-order valence-electron chi connectivity index (χ2n) is 4.32. The molecule has 0 aliphatic heterocycles. The second kappa shape index (κ2) is 8.08. The molecule has 0 aliphatic carbocycles. The molecular formula is C14H23NO3. The Morgan fingerprint density at radius 3 is 2.61 bits per heavy atom. The van der Waals surface area contributed by atoms with Crippen LogP contribution in [0.15, 0.2) is 18.2 Å². The number of ether oxygens (including phenoxy) is 3. The van der Waals surface area contributed by atoms with Crippen molar-refractivity contribution in [3.63, 3.8) is 0 Å². The van der Waals surface area contributed by atoms with Gasteiger partial charge in [0.2, 0.25) is 0 Å². The normalized spacial score (nSPS) is 10.9. The van der Waals surface area contributed by atoms with Crippen molar-refractivity contribution < 1.29 is 14.2 Å². The molecule has 4 heteroatoms. The first kappa shape index (κ1) is 15.0. The van der Waals surface area contributed by atoms with E-state index >= 15 is 0 Å². The summed E-state index contributed by atoms with van der Waals surface area (Å²) in [4.78, 5) is 0. The molecule has 0 aliphatic rings. The molecule has 0 unspecified atom stereocenters. The summed E-state index contributed by atoms with van der Waals surface area (Å²) in [6.07, 6.45) is 0.248. The minimum atomic E-state index is 0.248. The van der Waals surface area contributed by atoms with Crippen LogP contribution in [0, 0.1) is 0 Å². The molecule has 1 aromatic rings. The van der Waals surface area contributed by atoms with Crippen molar-refractivity contribution in [2.24, 2.45) is 5.73 Å². The largest absolute Gasteiger partial charge is 0.496 e. The second-order valence-corrected chi connectivity index (χ2v) is 4.32. The Kier molecular flexibility index (Phi) is 6.72. The molecule has 0 heterocycles. The molecule has 0 saturated heterocycles. The lowest BCUT2D eigenvalue weighted by Crippen LogP contribution is -2.09. The number of hydrogen-bond acceptors (Lipinski definition) is 4. The zero-order valence-electron chi connectivity index (χ0n) is 11.4. The van der Waals surface area contributed by atoms with Gasteiger partial charge in [-0.15, -0.1) is 0 Å². The highest BCUT2D eigenvalue weighted by atomic mass is 16.5. The Bertz CT molecular complexity index is 353. The summed E-state index contributed by atoms with van der Waals surface area (Å²) in [5.74, 6) is 0.817. The molecule has 0 fully saturated rings. The average molecular weight is 253 g/mol. The van der Waals surface area contributed by atoms with E-state index in [4.69, 9.17) is 19.9 Å². The van der Waals surface area contributed by atoms with Crippen molar-refractivity contribution in [3.8, 4) is 5.75 Å². The lowest BCUT2D eigenvalue weighted by molar-refractivity contribution is 0.0142. The maximum absolute atomic E-state index is 5.62. The highest BCUT2D eigenvalue weighted by Gasteiger charge is 2.03. The van der Waals surface area contributed by atoms with Gasteiger partial charge in [0, 0.05) is 12.1 Å². The van der Waals surface area contributed by atoms with E-state index in [0.717, 1.165) is 16.9 Å². The van der Waals surface area contributed by atoms with E-state index in [1.165, 1.54) is 0 Å². The zero-order valence-corrected chi connectivity index (χ0v) is 11.4. The summed E-state index contributed by atoms with van der Waals surface area (Å²) in [5.41, 5.74) is 7.70. The summed E-state index contributed by atoms with van der Waals surface area (Å²) in [6, 6.07) is 5.95. The molecule has 4 nitrogen and oxygen atoms in total. The van der Waals surface area contributed by atoms with Crippen LogP contribution < -0.4 is 10.5 Å². The molecule has 102 valence electrons. The van der Waals surface area contributed by atoms with Crippen molar-refractivity contribution in [1.29, 1.82) is 0 Å². The topological polar surface area (TPSA) is 53.7 Å². The third-order valence-corrected chi connectivity index (χ3v) is 2.52. The van der Waals surface area contributed by atoms with E-state index in [1.807, 2.05) is 32.0 Å². The predicted octanol–water partition coefficient (Wildman–Crippen LogP) is 2.10. The zero-order chi connectivity index (χ0) is 13.4. The number of nitrogens with two attached hydrogens (primary N) is 1. The van der Waals surface area contributed by atoms with Gasteiger partial charge in [-0.05, 0) is 25.5 Å². The fourth-order valence-corrected chi connectivity index (χ4v) is 1.58. The van der Waals surface area contributed by atoms with Gasteiger partial charge >= 0.3 is 0 Å². The third kappa shape index (κ3) is 5.04. The summed E-state index contributed by atoms with van der Waals surface area (Å²) in [5, 5.41) is 0. The molecule has 18 heavy (non-hydrogen) atoms. The molecule has 0 bridgehead atoms. The van der Waals surface area contributed by atoms with E-state index < -0.39 is 0 Å². The Morgan fingerprint density at radius 1 is 1.22 bits per heavy atom. The minimum absolute atomic E-state index is 0.248. The van der Waals surface area contributed by atoms with E-state index in [0.29, 0.717) is 26.4 Å². The predicted molar refractivity (Wildman–Crippen MR) is 71.6 cm³/mol. The van der Waals surface area contributed by atoms with Gasteiger partial charge in [0.15, 0.2) is 0 Å². The lowest BCUT2D eigenvalue weighted by atomic mass is 10.1. The van der Waals surface area contributed by atoms with Gasteiger partial charge < -0.3 is 19.9 Å². The molecule has 0 aromatic heterocycles. The molecule has 0 atom stereocenters. The number of benzene rings is 1. The Hall–Kier alpha value is -1.10. The van der Waals surface area contributed by atoms with Gasteiger partial charge in [-0.1, -0.05) is 12.1 Å². The number of methoxy groups -OCH3 is 1. The summed E-state index contributed by atoms with van der Waals surface area (Å²) in [6.45, 7) is 6.27. The van der Waals surface area contributed by atoms with Crippen LogP contribution in [-0.4, -0.2) is 26.4 Å². The fourth-order valence-electron chi connectivity index (χ4n) is 1.58. The smallest absolute Gasteiger partial charge is 0.123 e. The van der Waals surface area contributed by atoms with Crippen LogP contribution in [0.25, 0.3) is 0 Å². The first-order valence-electron chi connectivity index (χ1n) is 6.22. The summed E-state index contributed by atoms with van der Waals surface area (Å²) >= 11 is 0. The van der Waals surface area contributed by atoms with Crippen molar-refractivity contribution >= 4 is 0 Å². The molecule has 2 N–H and O–H groups in total. The van der Waals surface area contributed by atoms with Gasteiger partial charge in [-0.3, -0.25) is 0 Å². The van der Waals surface area contributed by atoms with Crippen molar-refractivity contribution in [2.75, 3.05) is 20.3 Å². The van der Waals surface area contributed by atoms with Gasteiger partial charge in [0.25, 0.3) is 0 Å². The molecule has 0 saturated carbocycles. The maximum Gasteiger partial charge on any atom is 0.123 e. The van der Waals surface area contributed by atoms with Crippen LogP contribution in [0.2, 0.25) is 0 Å². The number of rotatable bonds is 8. The molecular weight excluding hydrogens is 230 g/mol. The van der Waals surface area contributed by atoms with E-state index in [-0.39, 0.29) is 6.10 Å². The van der Waals surface area contributed by atoms with Crippen LogP contribution in [0.5, 0.6) is 5.75 Å². The molecule has 0 spiro atoms. The Morgan fingerprint density at radius 2 is 2.00 bits per heavy atom. The Labute approximate surface area is 109 Å². The molecule has 1 rings (SSSR count). The van der Waals surface area contributed by atoms with Crippen molar-refractivity contribution in [1.82, 2.24) is 0 Å². The van der Waals surface area contributed by atoms with Crippen LogP contribution >= 0.6 is 0 Å². The molecule has 0 amide bonds. The SMILES string of the molecule is COc1cc(COCCOC(C)C)ccc1CN. The van der Waals surface area contributed by atoms with E-state index in [1.54, 1.807) is 7.11 Å². The lowest BCUT2D eigenvalue weighted by Gasteiger charge is -2.10. The van der Waals surface area contributed by atoms with Gasteiger partial charge in [-0.2, -0.15) is 0 Å². The Balaban J connectivity index is 2.38. The fraction of sp³-hybridized carbons (Fsp3) is 0.571. The summed E-state index contributed by atoms with van der Waals surface area (Å²) in [7, 11) is 1.65. The van der Waals surface area contributed by atoms with E-state index in [9.17, 15) is 0 Å². The van der Waals surface area contributed by atoms with Crippen LogP contribution in [0.4, 0.5) is 0 Å². The van der Waals surface area contributed by atoms with Crippen molar-refractivity contribution in [3.05, 3.63) is 29.3 Å². The van der Waals surface area contributed by atoms with Gasteiger partial charge in [-0.25, -0.2) is 0 Å². The standard InChI is InChI=1S/C14H23NO3/c1-11(2)18-7-6-17-10-12-4-5-13(9-15)14(8-12)16-3/h4-5,8,11H,6-7,9-10,15H2,1-3H3. The maximum atomic E-state index is 5.62. The highest BCUT2D eigenvalue weighted by Crippen LogP contribution is 2.20. The average Bonchev–Trinajstić information content (AvgIpc) is 2.37. The van der Waals surface area contributed by atoms with Crippen LogP contribution in [-0.2, 0) is 22.6 Å². The van der Waals surface area contributed by atoms with Gasteiger partial charge in [0.1, 0.15) is 5.75 Å². The van der Waals surface area contributed by atoms with Crippen LogP contribution in [0.3, 0.4) is 0 Å². The van der Waals surface area contributed by atoms with Crippen LogP contribution in [0.1, 0.15) is 25.0 Å². The van der Waals surface area contributed by atoms with Crippen molar-refractivity contribution in [2.45, 2.75) is 33.1 Å². The van der Waals surface area contributed by atoms with E-state index in [2.05, 4.69) is 0 Å². The molecule has 0 radical (unpaired) electrons. The third-order valence-electron chi connectivity index (χ3n) is 2.52. The monoisotopic (exact) mass is 253 g/mol. The first-order valence-corrected chi connectivity index (χ1v) is 6.22. The number of hydrogen-bond donors (Lipinski definition) is 1. The minimum Gasteiger partial charge on any atom is -0.496 e. The summed E-state index contributed by atoms with van der Waals surface area (Å²) < 4.78 is 16.2. The first-order chi connectivity index (χ1) is 8.67. The molecule has 1 aromatic carbocycles.